The summed E-state index contributed by atoms with van der Waals surface area (Å²) in [5.74, 6) is 1.10. The normalized spacial score (nSPS) is 19.2. The summed E-state index contributed by atoms with van der Waals surface area (Å²) in [6.07, 6.45) is 1.59. The summed E-state index contributed by atoms with van der Waals surface area (Å²) < 4.78 is 26.8. The smallest absolute Gasteiger partial charge is 0.209 e. The van der Waals surface area contributed by atoms with E-state index in [1.807, 2.05) is 11.5 Å². The molecule has 0 bridgehead atoms. The number of hydrogen-bond donors (Lipinski definition) is 0. The maximum atomic E-state index is 13.3. The zero-order valence-corrected chi connectivity index (χ0v) is 13.4. The van der Waals surface area contributed by atoms with E-state index in [9.17, 15) is 4.39 Å². The van der Waals surface area contributed by atoms with Crippen molar-refractivity contribution in [1.82, 2.24) is 24.6 Å². The predicted molar refractivity (Wildman–Crippen MR) is 83.6 cm³/mol. The highest BCUT2D eigenvalue weighted by atomic mass is 19.1. The number of ether oxygens (including phenoxy) is 1. The maximum absolute atomic E-state index is 13.3. The summed E-state index contributed by atoms with van der Waals surface area (Å²) in [7, 11) is 0. The molecule has 1 unspecified atom stereocenters. The fourth-order valence-corrected chi connectivity index (χ4v) is 2.97. The molecule has 1 aliphatic rings. The van der Waals surface area contributed by atoms with Gasteiger partial charge >= 0.3 is 0 Å². The molecule has 0 aliphatic carbocycles. The summed E-state index contributed by atoms with van der Waals surface area (Å²) in [5, 5.41) is 8.14. The lowest BCUT2D eigenvalue weighted by molar-refractivity contribution is -0.0408. The lowest BCUT2D eigenvalue weighted by Gasteiger charge is -2.31. The Morgan fingerprint density at radius 2 is 2.29 bits per heavy atom. The molecule has 126 valence electrons. The highest BCUT2D eigenvalue weighted by Crippen LogP contribution is 2.23. The van der Waals surface area contributed by atoms with E-state index in [1.54, 1.807) is 12.4 Å². The van der Waals surface area contributed by atoms with Crippen molar-refractivity contribution in [3.63, 3.8) is 0 Å². The molecule has 1 fully saturated rings. The molecule has 8 heteroatoms. The molecule has 0 amide bonds. The average Bonchev–Trinajstić information content (AvgIpc) is 3.20. The third kappa shape index (κ3) is 2.90. The summed E-state index contributed by atoms with van der Waals surface area (Å²) in [4.78, 5) is 6.57. The standard InChI is InChI=1S/C16H18FN5O2/c1-2-22-10-18-20-16(22)14-8-21(5-6-23-14)9-15-19-12-7-11(17)3-4-13(12)24-15/h3-4,7,10,14H,2,5-6,8-9H2,1H3. The number of fused-ring (bicyclic) bond motifs is 1. The van der Waals surface area contributed by atoms with Crippen molar-refractivity contribution in [2.75, 3.05) is 19.7 Å². The molecular formula is C16H18FN5O2. The number of hydrogen-bond acceptors (Lipinski definition) is 6. The van der Waals surface area contributed by atoms with Gasteiger partial charge in [-0.25, -0.2) is 9.37 Å². The molecular weight excluding hydrogens is 313 g/mol. The fraction of sp³-hybridized carbons (Fsp3) is 0.438. The van der Waals surface area contributed by atoms with E-state index in [0.29, 0.717) is 36.7 Å². The van der Waals surface area contributed by atoms with E-state index in [0.717, 1.165) is 18.9 Å². The lowest BCUT2D eigenvalue weighted by Crippen LogP contribution is -2.38. The van der Waals surface area contributed by atoms with Crippen LogP contribution in [0.25, 0.3) is 11.1 Å². The molecule has 0 N–H and O–H groups in total. The molecule has 0 spiro atoms. The van der Waals surface area contributed by atoms with Gasteiger partial charge in [0.25, 0.3) is 0 Å². The number of halogens is 1. The van der Waals surface area contributed by atoms with Crippen LogP contribution in [0.4, 0.5) is 4.39 Å². The Morgan fingerprint density at radius 3 is 3.17 bits per heavy atom. The van der Waals surface area contributed by atoms with Crippen LogP contribution in [0.3, 0.4) is 0 Å². The Bertz CT molecular complexity index is 846. The van der Waals surface area contributed by atoms with Crippen LogP contribution < -0.4 is 0 Å². The molecule has 2 aromatic heterocycles. The molecule has 1 atom stereocenters. The van der Waals surface area contributed by atoms with Crippen LogP contribution in [0, 0.1) is 5.82 Å². The van der Waals surface area contributed by atoms with Crippen LogP contribution in [0.1, 0.15) is 24.7 Å². The summed E-state index contributed by atoms with van der Waals surface area (Å²) >= 11 is 0. The van der Waals surface area contributed by atoms with Gasteiger partial charge in [0.15, 0.2) is 11.4 Å². The van der Waals surface area contributed by atoms with E-state index in [4.69, 9.17) is 9.15 Å². The van der Waals surface area contributed by atoms with Crippen molar-refractivity contribution in [1.29, 1.82) is 0 Å². The number of benzene rings is 1. The monoisotopic (exact) mass is 331 g/mol. The molecule has 0 saturated carbocycles. The Labute approximate surface area is 138 Å². The Balaban J connectivity index is 1.49. The summed E-state index contributed by atoms with van der Waals surface area (Å²) in [6.45, 7) is 5.48. The molecule has 3 aromatic rings. The van der Waals surface area contributed by atoms with Crippen molar-refractivity contribution in [3.05, 3.63) is 42.1 Å². The number of morpholine rings is 1. The van der Waals surface area contributed by atoms with Crippen molar-refractivity contribution < 1.29 is 13.5 Å². The number of oxazole rings is 1. The third-order valence-electron chi connectivity index (χ3n) is 4.18. The minimum atomic E-state index is -0.312. The van der Waals surface area contributed by atoms with Gasteiger partial charge in [0.2, 0.25) is 5.89 Å². The molecule has 7 nitrogen and oxygen atoms in total. The average molecular weight is 331 g/mol. The second-order valence-electron chi connectivity index (χ2n) is 5.79. The number of rotatable bonds is 4. The van der Waals surface area contributed by atoms with Crippen LogP contribution >= 0.6 is 0 Å². The zero-order valence-electron chi connectivity index (χ0n) is 13.4. The van der Waals surface area contributed by atoms with E-state index in [1.165, 1.54) is 12.1 Å². The Hall–Kier alpha value is -2.32. The van der Waals surface area contributed by atoms with Crippen LogP contribution in [0.5, 0.6) is 0 Å². The molecule has 1 aliphatic heterocycles. The first-order valence-corrected chi connectivity index (χ1v) is 7.99. The number of aromatic nitrogens is 4. The number of nitrogens with zero attached hydrogens (tertiary/aromatic N) is 5. The first-order valence-electron chi connectivity index (χ1n) is 7.99. The largest absolute Gasteiger partial charge is 0.439 e. The summed E-state index contributed by atoms with van der Waals surface area (Å²) in [5.41, 5.74) is 1.14. The molecule has 0 radical (unpaired) electrons. The van der Waals surface area contributed by atoms with Crippen LogP contribution in [-0.4, -0.2) is 44.3 Å². The SMILES string of the molecule is CCn1cnnc1C1CN(Cc2nc3cc(F)ccc3o2)CCO1. The second-order valence-corrected chi connectivity index (χ2v) is 5.79. The second kappa shape index (κ2) is 6.29. The number of aryl methyl sites for hydroxylation is 1. The van der Waals surface area contributed by atoms with Gasteiger partial charge < -0.3 is 13.7 Å². The van der Waals surface area contributed by atoms with Gasteiger partial charge in [-0.2, -0.15) is 0 Å². The summed E-state index contributed by atoms with van der Waals surface area (Å²) in [6, 6.07) is 4.36. The van der Waals surface area contributed by atoms with Crippen LogP contribution in [-0.2, 0) is 17.8 Å². The van der Waals surface area contributed by atoms with Crippen molar-refractivity contribution >= 4 is 11.1 Å². The quantitative estimate of drug-likeness (QED) is 0.730. The minimum absolute atomic E-state index is 0.122. The highest BCUT2D eigenvalue weighted by molar-refractivity contribution is 5.72. The predicted octanol–water partition coefficient (Wildman–Crippen LogP) is 2.15. The Morgan fingerprint density at radius 1 is 1.38 bits per heavy atom. The van der Waals surface area contributed by atoms with E-state index >= 15 is 0 Å². The lowest BCUT2D eigenvalue weighted by atomic mass is 10.2. The Kier molecular flexibility index (Phi) is 3.99. The molecule has 3 heterocycles. The van der Waals surface area contributed by atoms with Gasteiger partial charge in [-0.15, -0.1) is 10.2 Å². The van der Waals surface area contributed by atoms with Gasteiger partial charge in [0.1, 0.15) is 23.8 Å². The van der Waals surface area contributed by atoms with Crippen LogP contribution in [0.2, 0.25) is 0 Å². The van der Waals surface area contributed by atoms with Crippen molar-refractivity contribution in [3.8, 4) is 0 Å². The van der Waals surface area contributed by atoms with E-state index in [2.05, 4.69) is 20.1 Å². The van der Waals surface area contributed by atoms with Gasteiger partial charge in [0, 0.05) is 25.7 Å². The van der Waals surface area contributed by atoms with E-state index < -0.39 is 0 Å². The van der Waals surface area contributed by atoms with E-state index in [-0.39, 0.29) is 11.9 Å². The zero-order chi connectivity index (χ0) is 16.5. The minimum Gasteiger partial charge on any atom is -0.439 e. The first-order chi connectivity index (χ1) is 11.7. The topological polar surface area (TPSA) is 69.2 Å². The fourth-order valence-electron chi connectivity index (χ4n) is 2.97. The van der Waals surface area contributed by atoms with Crippen molar-refractivity contribution in [2.24, 2.45) is 0 Å². The van der Waals surface area contributed by atoms with Gasteiger partial charge in [0.05, 0.1) is 13.2 Å². The van der Waals surface area contributed by atoms with Gasteiger partial charge in [-0.1, -0.05) is 0 Å². The molecule has 24 heavy (non-hydrogen) atoms. The first kappa shape index (κ1) is 15.2. The molecule has 1 saturated heterocycles. The van der Waals surface area contributed by atoms with Crippen molar-refractivity contribution in [2.45, 2.75) is 26.1 Å². The van der Waals surface area contributed by atoms with Gasteiger partial charge in [-0.3, -0.25) is 4.90 Å². The maximum Gasteiger partial charge on any atom is 0.209 e. The van der Waals surface area contributed by atoms with Gasteiger partial charge in [-0.05, 0) is 19.1 Å². The van der Waals surface area contributed by atoms with Crippen LogP contribution in [0.15, 0.2) is 28.9 Å². The highest BCUT2D eigenvalue weighted by Gasteiger charge is 2.26. The molecule has 4 rings (SSSR count). The molecule has 1 aromatic carbocycles. The third-order valence-corrected chi connectivity index (χ3v) is 4.18.